The van der Waals surface area contributed by atoms with Gasteiger partial charge in [0.2, 0.25) is 6.29 Å². The molecule has 374 valence electrons. The normalized spacial score (nSPS) is 36.2. The van der Waals surface area contributed by atoms with Gasteiger partial charge in [0.15, 0.2) is 0 Å². The van der Waals surface area contributed by atoms with E-state index in [-0.39, 0.29) is 125 Å². The van der Waals surface area contributed by atoms with Gasteiger partial charge in [0.05, 0.1) is 42.8 Å². The number of hydrogen-bond acceptors (Lipinski definition) is 11. The highest BCUT2D eigenvalue weighted by atomic mass is 16.7. The van der Waals surface area contributed by atoms with Crippen LogP contribution in [-0.4, -0.2) is 60.7 Å². The number of rotatable bonds is 12. The predicted molar refractivity (Wildman–Crippen MR) is 254 cm³/mol. The highest BCUT2D eigenvalue weighted by Crippen LogP contribution is 2.66. The molecule has 13 atom stereocenters. The Balaban J connectivity index is 0.00000496. The number of hydrogen-bond donors (Lipinski definition) is 0. The van der Waals surface area contributed by atoms with Crippen LogP contribution in [0.2, 0.25) is 0 Å². The van der Waals surface area contributed by atoms with Crippen LogP contribution in [0.25, 0.3) is 0 Å². The van der Waals surface area contributed by atoms with Crippen molar-refractivity contribution in [2.24, 2.45) is 93.2 Å². The van der Waals surface area contributed by atoms with Crippen molar-refractivity contribution < 1.29 is 52.5 Å². The van der Waals surface area contributed by atoms with Crippen LogP contribution in [0.15, 0.2) is 0 Å². The first-order chi connectivity index (χ1) is 26.2. The molecule has 0 spiro atoms. The summed E-state index contributed by atoms with van der Waals surface area (Å²) >= 11 is 0. The van der Waals surface area contributed by atoms with Crippen molar-refractivity contribution in [1.82, 2.24) is 0 Å². The summed E-state index contributed by atoms with van der Waals surface area (Å²) in [5, 5.41) is 0. The summed E-state index contributed by atoms with van der Waals surface area (Å²) in [4.78, 5) is 81.8. The molecule has 0 aromatic heterocycles. The second-order valence-electron chi connectivity index (χ2n) is 21.7. The Labute approximate surface area is 390 Å². The van der Waals surface area contributed by atoms with Gasteiger partial charge in [-0.05, 0) is 110 Å². The van der Waals surface area contributed by atoms with Crippen molar-refractivity contribution in [3.63, 3.8) is 0 Å². The lowest BCUT2D eigenvalue weighted by Gasteiger charge is -2.55. The zero-order valence-electron chi connectivity index (χ0n) is 34.8. The molecule has 0 N–H and O–H groups in total. The Morgan fingerprint density at radius 1 is 0.719 bits per heavy atom. The SMILES string of the molecule is C.C.C.C.C.C.C.C.CC1C(=O)OC(=O)C1C(C)(C)C(CC(C)(C)C(CC(C)(C)C1C(C)C2CC1C1COC(=O)C21)C(=O)OC1CCCCO1)C(=O)OC12CC3CC(C1)C(=O)C(C3)C2. The molecule has 6 bridgehead atoms. The number of carbonyl (C=O) groups is 6. The molecule has 0 amide bonds. The summed E-state index contributed by atoms with van der Waals surface area (Å²) in [6, 6.07) is 0. The van der Waals surface area contributed by atoms with Crippen molar-refractivity contribution in [2.45, 2.75) is 197 Å². The Bertz CT molecular complexity index is 1640. The molecule has 3 aliphatic heterocycles. The number of ketones is 1. The lowest BCUT2D eigenvalue weighted by Crippen LogP contribution is -2.58. The molecule has 11 nitrogen and oxygen atoms in total. The van der Waals surface area contributed by atoms with E-state index in [0.717, 1.165) is 38.5 Å². The lowest BCUT2D eigenvalue weighted by atomic mass is 9.53. The van der Waals surface area contributed by atoms with Gasteiger partial charge in [-0.15, -0.1) is 0 Å². The summed E-state index contributed by atoms with van der Waals surface area (Å²) in [7, 11) is 0. The highest BCUT2D eigenvalue weighted by Gasteiger charge is 2.65. The summed E-state index contributed by atoms with van der Waals surface area (Å²) < 4.78 is 29.5. The van der Waals surface area contributed by atoms with Crippen LogP contribution in [0.1, 0.15) is 185 Å². The molecule has 6 saturated carbocycles. The van der Waals surface area contributed by atoms with Crippen LogP contribution in [0.5, 0.6) is 0 Å². The van der Waals surface area contributed by atoms with Gasteiger partial charge in [-0.1, -0.05) is 115 Å². The Hall–Kier alpha value is -2.82. The van der Waals surface area contributed by atoms with E-state index in [2.05, 4.69) is 20.8 Å². The molecule has 3 saturated heterocycles. The predicted octanol–water partition coefficient (Wildman–Crippen LogP) is 12.0. The van der Waals surface area contributed by atoms with Gasteiger partial charge >= 0.3 is 29.8 Å². The molecular formula is C53H96O11. The minimum Gasteiger partial charge on any atom is -0.465 e. The first-order valence-electron chi connectivity index (χ1n) is 21.7. The van der Waals surface area contributed by atoms with Crippen LogP contribution in [-0.2, 0) is 52.5 Å². The number of Topliss-reactive ketones (excluding diaryl/α,β-unsaturated/α-hetero) is 1. The fraction of sp³-hybridized carbons (Fsp3) is 0.887. The van der Waals surface area contributed by atoms with Gasteiger partial charge in [-0.25, -0.2) is 0 Å². The summed E-state index contributed by atoms with van der Waals surface area (Å²) in [6.07, 6.45) is 6.90. The van der Waals surface area contributed by atoms with Gasteiger partial charge in [-0.3, -0.25) is 28.8 Å². The van der Waals surface area contributed by atoms with Gasteiger partial charge in [-0.2, -0.15) is 0 Å². The zero-order valence-corrected chi connectivity index (χ0v) is 34.8. The monoisotopic (exact) mass is 909 g/mol. The van der Waals surface area contributed by atoms with E-state index in [1.165, 1.54) is 0 Å². The third-order valence-electron chi connectivity index (χ3n) is 17.0. The zero-order chi connectivity index (χ0) is 40.3. The smallest absolute Gasteiger partial charge is 0.318 e. The number of ether oxygens (including phenoxy) is 5. The van der Waals surface area contributed by atoms with Crippen molar-refractivity contribution in [2.75, 3.05) is 13.2 Å². The fourth-order valence-corrected chi connectivity index (χ4v) is 14.5. The van der Waals surface area contributed by atoms with E-state index < -0.39 is 64.3 Å². The Morgan fingerprint density at radius 3 is 1.88 bits per heavy atom. The number of esters is 5. The Kier molecular flexibility index (Phi) is 20.5. The van der Waals surface area contributed by atoms with Gasteiger partial charge in [0.25, 0.3) is 0 Å². The average Bonchev–Trinajstić information content (AvgIpc) is 3.85. The second kappa shape index (κ2) is 21.4. The van der Waals surface area contributed by atoms with Gasteiger partial charge in [0.1, 0.15) is 11.4 Å². The number of fused-ring (bicyclic) bond motifs is 5. The van der Waals surface area contributed by atoms with E-state index in [1.807, 2.05) is 27.7 Å². The molecule has 0 aromatic rings. The second-order valence-corrected chi connectivity index (χ2v) is 21.7. The van der Waals surface area contributed by atoms with E-state index in [4.69, 9.17) is 23.7 Å². The Morgan fingerprint density at radius 2 is 1.33 bits per heavy atom. The molecular weight excluding hydrogens is 813 g/mol. The summed E-state index contributed by atoms with van der Waals surface area (Å²) in [5.74, 6) is -3.66. The van der Waals surface area contributed by atoms with Crippen LogP contribution in [0.3, 0.4) is 0 Å². The molecule has 11 heteroatoms. The van der Waals surface area contributed by atoms with Crippen molar-refractivity contribution in [3.05, 3.63) is 0 Å². The maximum atomic E-state index is 15.0. The fourth-order valence-electron chi connectivity index (χ4n) is 14.5. The number of carbonyl (C=O) groups excluding carboxylic acids is 6. The van der Waals surface area contributed by atoms with E-state index in [9.17, 15) is 24.0 Å². The molecule has 9 aliphatic rings. The summed E-state index contributed by atoms with van der Waals surface area (Å²) in [5.41, 5.74) is -3.03. The average molecular weight is 909 g/mol. The molecule has 0 radical (unpaired) electrons. The topological polar surface area (TPSA) is 149 Å². The number of cyclic esters (lactones) is 3. The molecule has 3 heterocycles. The molecule has 64 heavy (non-hydrogen) atoms. The maximum absolute atomic E-state index is 15.0. The van der Waals surface area contributed by atoms with Crippen LogP contribution in [0.4, 0.5) is 0 Å². The van der Waals surface area contributed by atoms with E-state index in [0.29, 0.717) is 56.5 Å². The maximum Gasteiger partial charge on any atom is 0.318 e. The van der Waals surface area contributed by atoms with Crippen LogP contribution < -0.4 is 0 Å². The lowest BCUT2D eigenvalue weighted by molar-refractivity contribution is -0.203. The molecule has 9 fully saturated rings. The molecule has 9 rings (SSSR count). The van der Waals surface area contributed by atoms with Crippen LogP contribution in [0, 0.1) is 93.2 Å². The quantitative estimate of drug-likeness (QED) is 0.105. The first kappa shape index (κ1) is 61.2. The summed E-state index contributed by atoms with van der Waals surface area (Å²) in [6.45, 7) is 17.1. The molecule has 13 unspecified atom stereocenters. The van der Waals surface area contributed by atoms with Crippen molar-refractivity contribution in [1.29, 1.82) is 0 Å². The minimum absolute atomic E-state index is 0. The molecule has 0 aromatic carbocycles. The largest absolute Gasteiger partial charge is 0.465 e. The molecule has 6 aliphatic carbocycles. The van der Waals surface area contributed by atoms with Gasteiger partial charge < -0.3 is 23.7 Å². The van der Waals surface area contributed by atoms with Crippen molar-refractivity contribution in [3.8, 4) is 0 Å². The van der Waals surface area contributed by atoms with Gasteiger partial charge in [0, 0.05) is 24.2 Å². The highest BCUT2D eigenvalue weighted by molar-refractivity contribution is 5.97. The van der Waals surface area contributed by atoms with Crippen molar-refractivity contribution >= 4 is 35.6 Å². The third-order valence-corrected chi connectivity index (χ3v) is 17.0. The third kappa shape index (κ3) is 10.2. The standard InChI is InChI=1S/C45H64O11.8CH4/c1-22-27-15-28(29-21-53-40(50)33(27)29)34(22)43(5,6)19-30(38(48)54-32-11-9-10-12-52-32)42(3,4)20-31(44(7,8)35-23(2)37(47)55-41(35)51)39(49)56-45-16-24-13-25(17-45)36(46)26(14-24)18-45;;;;;;;;/h22-35H,9-21H2,1-8H3;8*1H4. The van der Waals surface area contributed by atoms with E-state index >= 15 is 4.79 Å². The van der Waals surface area contributed by atoms with Crippen LogP contribution >= 0.6 is 0 Å². The first-order valence-corrected chi connectivity index (χ1v) is 21.7. The van der Waals surface area contributed by atoms with E-state index in [1.54, 1.807) is 6.92 Å². The minimum atomic E-state index is -1.09.